The third-order valence-corrected chi connectivity index (χ3v) is 5.15. The summed E-state index contributed by atoms with van der Waals surface area (Å²) in [4.78, 5) is 11.6. The number of ether oxygens (including phenoxy) is 1. The summed E-state index contributed by atoms with van der Waals surface area (Å²) >= 11 is 5.80. The molecule has 1 unspecified atom stereocenters. The molecule has 1 aromatic rings. The fraction of sp³-hybridized carbons (Fsp3) is 0.462. The molecular formula is C13H16ClNO4S. The summed E-state index contributed by atoms with van der Waals surface area (Å²) in [5, 5.41) is 3.23. The first-order valence-corrected chi connectivity index (χ1v) is 8.50. The summed E-state index contributed by atoms with van der Waals surface area (Å²) in [5.74, 6) is 0.634. The van der Waals surface area contributed by atoms with Gasteiger partial charge in [-0.15, -0.1) is 0 Å². The Bertz CT molecular complexity index is 588. The zero-order chi connectivity index (χ0) is 14.6. The maximum Gasteiger partial charge on any atom is 0.257 e. The van der Waals surface area contributed by atoms with Crippen LogP contribution in [0.3, 0.4) is 0 Å². The second-order valence-corrected chi connectivity index (χ2v) is 7.48. The van der Waals surface area contributed by atoms with Crippen LogP contribution in [0.25, 0.3) is 0 Å². The predicted molar refractivity (Wildman–Crippen MR) is 76.7 cm³/mol. The number of amides is 1. The quantitative estimate of drug-likeness (QED) is 0.887. The van der Waals surface area contributed by atoms with Crippen molar-refractivity contribution in [3.05, 3.63) is 29.3 Å². The first-order chi connectivity index (χ1) is 9.44. The van der Waals surface area contributed by atoms with Crippen LogP contribution < -0.4 is 10.1 Å². The molecule has 1 aliphatic rings. The van der Waals surface area contributed by atoms with E-state index in [-0.39, 0.29) is 29.9 Å². The van der Waals surface area contributed by atoms with E-state index in [1.54, 1.807) is 24.3 Å². The molecule has 7 heteroatoms. The van der Waals surface area contributed by atoms with Crippen molar-refractivity contribution in [1.82, 2.24) is 5.32 Å². The molecular weight excluding hydrogens is 302 g/mol. The number of sulfone groups is 1. The highest BCUT2D eigenvalue weighted by atomic mass is 35.5. The standard InChI is InChI=1S/C13H16ClNO4S/c14-11-2-1-3-12(6-11)19-8-13(16)15-7-10-4-5-20(17,18)9-10/h1-3,6,10H,4-5,7-9H2,(H,15,16). The van der Waals surface area contributed by atoms with E-state index in [0.717, 1.165) is 0 Å². The molecule has 1 saturated heterocycles. The first-order valence-electron chi connectivity index (χ1n) is 6.30. The first kappa shape index (κ1) is 15.1. The molecule has 2 rings (SSSR count). The van der Waals surface area contributed by atoms with Crippen LogP contribution in [-0.2, 0) is 14.6 Å². The van der Waals surface area contributed by atoms with Crippen LogP contribution in [0.15, 0.2) is 24.3 Å². The minimum Gasteiger partial charge on any atom is -0.484 e. The van der Waals surface area contributed by atoms with Gasteiger partial charge in [0.15, 0.2) is 16.4 Å². The highest BCUT2D eigenvalue weighted by Crippen LogP contribution is 2.18. The number of hydrogen-bond donors (Lipinski definition) is 1. The van der Waals surface area contributed by atoms with Gasteiger partial charge in [0.2, 0.25) is 0 Å². The van der Waals surface area contributed by atoms with Crippen molar-refractivity contribution in [3.63, 3.8) is 0 Å². The summed E-state index contributed by atoms with van der Waals surface area (Å²) in [7, 11) is -2.90. The zero-order valence-corrected chi connectivity index (χ0v) is 12.4. The van der Waals surface area contributed by atoms with E-state index in [0.29, 0.717) is 23.7 Å². The molecule has 0 aromatic heterocycles. The van der Waals surface area contributed by atoms with Crippen LogP contribution >= 0.6 is 11.6 Å². The van der Waals surface area contributed by atoms with Crippen molar-refractivity contribution < 1.29 is 17.9 Å². The number of benzene rings is 1. The zero-order valence-electron chi connectivity index (χ0n) is 10.8. The van der Waals surface area contributed by atoms with Crippen LogP contribution in [0.2, 0.25) is 5.02 Å². The smallest absolute Gasteiger partial charge is 0.257 e. The van der Waals surface area contributed by atoms with Crippen molar-refractivity contribution in [1.29, 1.82) is 0 Å². The summed E-state index contributed by atoms with van der Waals surface area (Å²) < 4.78 is 27.8. The largest absolute Gasteiger partial charge is 0.484 e. The molecule has 0 aliphatic carbocycles. The van der Waals surface area contributed by atoms with Crippen LogP contribution in [0.5, 0.6) is 5.75 Å². The van der Waals surface area contributed by atoms with Gasteiger partial charge in [-0.3, -0.25) is 4.79 Å². The monoisotopic (exact) mass is 317 g/mol. The number of hydrogen-bond acceptors (Lipinski definition) is 4. The maximum absolute atomic E-state index is 11.6. The van der Waals surface area contributed by atoms with Crippen LogP contribution in [0, 0.1) is 5.92 Å². The fourth-order valence-corrected chi connectivity index (χ4v) is 4.09. The lowest BCUT2D eigenvalue weighted by Crippen LogP contribution is -2.33. The average molecular weight is 318 g/mol. The highest BCUT2D eigenvalue weighted by molar-refractivity contribution is 7.91. The lowest BCUT2D eigenvalue weighted by molar-refractivity contribution is -0.123. The Morgan fingerprint density at radius 3 is 2.90 bits per heavy atom. The van der Waals surface area contributed by atoms with Gasteiger partial charge in [0, 0.05) is 11.6 Å². The number of rotatable bonds is 5. The van der Waals surface area contributed by atoms with Gasteiger partial charge in [0.1, 0.15) is 5.75 Å². The molecule has 1 atom stereocenters. The Hall–Kier alpha value is -1.27. The van der Waals surface area contributed by atoms with Crippen LogP contribution in [0.1, 0.15) is 6.42 Å². The van der Waals surface area contributed by atoms with Crippen molar-refractivity contribution in [3.8, 4) is 5.75 Å². The normalized spacial score (nSPS) is 20.6. The highest BCUT2D eigenvalue weighted by Gasteiger charge is 2.27. The predicted octanol–water partition coefficient (Wildman–Crippen LogP) is 1.27. The molecule has 0 saturated carbocycles. The molecule has 1 amide bonds. The second kappa shape index (κ2) is 6.45. The number of carbonyl (C=O) groups is 1. The topological polar surface area (TPSA) is 72.5 Å². The van der Waals surface area contributed by atoms with Gasteiger partial charge < -0.3 is 10.1 Å². The van der Waals surface area contributed by atoms with Crippen molar-refractivity contribution in [2.75, 3.05) is 24.7 Å². The van der Waals surface area contributed by atoms with E-state index in [4.69, 9.17) is 16.3 Å². The number of nitrogens with one attached hydrogen (secondary N) is 1. The van der Waals surface area contributed by atoms with Gasteiger partial charge in [-0.2, -0.15) is 0 Å². The number of carbonyl (C=O) groups excluding carboxylic acids is 1. The summed E-state index contributed by atoms with van der Waals surface area (Å²) in [6.07, 6.45) is 0.609. The molecule has 0 radical (unpaired) electrons. The average Bonchev–Trinajstić information content (AvgIpc) is 2.74. The third kappa shape index (κ3) is 4.68. The maximum atomic E-state index is 11.6. The molecule has 1 N–H and O–H groups in total. The molecule has 1 fully saturated rings. The van der Waals surface area contributed by atoms with Crippen molar-refractivity contribution >= 4 is 27.3 Å². The Labute approximate surface area is 123 Å². The number of halogens is 1. The Morgan fingerprint density at radius 1 is 1.45 bits per heavy atom. The third-order valence-electron chi connectivity index (χ3n) is 3.08. The van der Waals surface area contributed by atoms with Crippen LogP contribution in [-0.4, -0.2) is 39.0 Å². The minimum absolute atomic E-state index is 0.00937. The Balaban J connectivity index is 1.71. The molecule has 1 aromatic carbocycles. The lowest BCUT2D eigenvalue weighted by atomic mass is 10.1. The van der Waals surface area contributed by atoms with Gasteiger partial charge in [-0.05, 0) is 30.5 Å². The lowest BCUT2D eigenvalue weighted by Gasteiger charge is -2.10. The van der Waals surface area contributed by atoms with Gasteiger partial charge >= 0.3 is 0 Å². The van der Waals surface area contributed by atoms with Gasteiger partial charge in [-0.1, -0.05) is 17.7 Å². The van der Waals surface area contributed by atoms with Crippen molar-refractivity contribution in [2.24, 2.45) is 5.92 Å². The molecule has 1 aliphatic heterocycles. The van der Waals surface area contributed by atoms with E-state index in [9.17, 15) is 13.2 Å². The Morgan fingerprint density at radius 2 is 2.25 bits per heavy atom. The van der Waals surface area contributed by atoms with Gasteiger partial charge in [0.05, 0.1) is 11.5 Å². The molecule has 0 bridgehead atoms. The summed E-state index contributed by atoms with van der Waals surface area (Å²) in [6.45, 7) is 0.261. The van der Waals surface area contributed by atoms with E-state index < -0.39 is 9.84 Å². The summed E-state index contributed by atoms with van der Waals surface area (Å²) in [5.41, 5.74) is 0. The molecule has 5 nitrogen and oxygen atoms in total. The van der Waals surface area contributed by atoms with Crippen LogP contribution in [0.4, 0.5) is 0 Å². The van der Waals surface area contributed by atoms with E-state index in [1.165, 1.54) is 0 Å². The van der Waals surface area contributed by atoms with E-state index in [1.807, 2.05) is 0 Å². The van der Waals surface area contributed by atoms with Gasteiger partial charge in [0.25, 0.3) is 5.91 Å². The van der Waals surface area contributed by atoms with E-state index >= 15 is 0 Å². The fourth-order valence-electron chi connectivity index (χ4n) is 2.05. The molecule has 110 valence electrons. The Kier molecular flexibility index (Phi) is 4.88. The van der Waals surface area contributed by atoms with Crippen molar-refractivity contribution in [2.45, 2.75) is 6.42 Å². The van der Waals surface area contributed by atoms with E-state index in [2.05, 4.69) is 5.32 Å². The molecule has 20 heavy (non-hydrogen) atoms. The molecule has 0 spiro atoms. The summed E-state index contributed by atoms with van der Waals surface area (Å²) in [6, 6.07) is 6.79. The SMILES string of the molecule is O=C(COc1cccc(Cl)c1)NCC1CCS(=O)(=O)C1. The molecule has 1 heterocycles. The van der Waals surface area contributed by atoms with Gasteiger partial charge in [-0.25, -0.2) is 8.42 Å². The second-order valence-electron chi connectivity index (χ2n) is 4.82. The minimum atomic E-state index is -2.90.